The van der Waals surface area contributed by atoms with E-state index in [0.29, 0.717) is 33.3 Å². The van der Waals surface area contributed by atoms with Crippen LogP contribution in [0, 0.1) is 18.3 Å². The van der Waals surface area contributed by atoms with Crippen molar-refractivity contribution < 1.29 is 13.2 Å². The lowest BCUT2D eigenvalue weighted by Crippen LogP contribution is -2.18. The Hall–Kier alpha value is -3.33. The van der Waals surface area contributed by atoms with E-state index in [1.54, 1.807) is 19.1 Å². The van der Waals surface area contributed by atoms with E-state index in [0.717, 1.165) is 11.5 Å². The first-order valence-electron chi connectivity index (χ1n) is 8.28. The topological polar surface area (TPSA) is 137 Å². The fourth-order valence-electron chi connectivity index (χ4n) is 2.44. The molecule has 0 radical (unpaired) electrons. The molecule has 148 valence electrons. The van der Waals surface area contributed by atoms with Crippen LogP contribution in [-0.4, -0.2) is 30.7 Å². The van der Waals surface area contributed by atoms with E-state index in [1.807, 2.05) is 6.07 Å². The minimum atomic E-state index is -3.55. The van der Waals surface area contributed by atoms with Gasteiger partial charge in [-0.25, -0.2) is 18.1 Å². The highest BCUT2D eigenvalue weighted by atomic mass is 32.2. The number of nitrogens with zero attached hydrogens (tertiary/aromatic N) is 3. The third kappa shape index (κ3) is 4.57. The predicted molar refractivity (Wildman–Crippen MR) is 110 cm³/mol. The van der Waals surface area contributed by atoms with E-state index < -0.39 is 15.9 Å². The van der Waals surface area contributed by atoms with Crippen molar-refractivity contribution >= 4 is 44.0 Å². The zero-order chi connectivity index (χ0) is 21.0. The van der Waals surface area contributed by atoms with Gasteiger partial charge in [-0.15, -0.1) is 0 Å². The quantitative estimate of drug-likeness (QED) is 0.549. The number of amides is 1. The molecule has 0 fully saturated rings. The molecule has 3 aromatic rings. The fraction of sp³-hybridized carbons (Fsp3) is 0.111. The van der Waals surface area contributed by atoms with E-state index in [2.05, 4.69) is 24.7 Å². The monoisotopic (exact) mass is 428 g/mol. The molecular weight excluding hydrogens is 412 g/mol. The first-order valence-corrected chi connectivity index (χ1v) is 10.5. The zero-order valence-corrected chi connectivity index (χ0v) is 17.1. The average Bonchev–Trinajstić information content (AvgIpc) is 3.08. The van der Waals surface area contributed by atoms with Gasteiger partial charge in [0.25, 0.3) is 5.91 Å². The van der Waals surface area contributed by atoms with Gasteiger partial charge in [-0.2, -0.15) is 9.64 Å². The van der Waals surface area contributed by atoms with Gasteiger partial charge in [0.15, 0.2) is 0 Å². The van der Waals surface area contributed by atoms with Crippen molar-refractivity contribution in [1.82, 2.24) is 14.1 Å². The molecule has 0 saturated heterocycles. The molecule has 2 heterocycles. The van der Waals surface area contributed by atoms with Gasteiger partial charge in [-0.3, -0.25) is 4.79 Å². The summed E-state index contributed by atoms with van der Waals surface area (Å²) >= 11 is 1.10. The summed E-state index contributed by atoms with van der Waals surface area (Å²) in [5.74, 6) is 0.0165. The summed E-state index contributed by atoms with van der Waals surface area (Å²) in [5, 5.41) is 15.2. The number of sulfonamides is 1. The molecule has 0 atom stereocenters. The molecule has 0 aliphatic heterocycles. The Labute approximate surface area is 171 Å². The Balaban J connectivity index is 1.81. The molecule has 1 aromatic carbocycles. The minimum absolute atomic E-state index is 0.0946. The molecule has 9 nitrogen and oxygen atoms in total. The van der Waals surface area contributed by atoms with Gasteiger partial charge in [-0.1, -0.05) is 0 Å². The van der Waals surface area contributed by atoms with Crippen LogP contribution in [0.5, 0.6) is 0 Å². The summed E-state index contributed by atoms with van der Waals surface area (Å²) in [6, 6.07) is 11.0. The van der Waals surface area contributed by atoms with Crippen LogP contribution in [0.1, 0.15) is 21.6 Å². The molecule has 11 heteroatoms. The lowest BCUT2D eigenvalue weighted by molar-refractivity contribution is 0.102. The smallest absolute Gasteiger partial charge is 0.260 e. The number of carbonyl (C=O) groups is 1. The van der Waals surface area contributed by atoms with Crippen molar-refractivity contribution in [3.8, 4) is 6.07 Å². The van der Waals surface area contributed by atoms with Crippen LogP contribution >= 0.6 is 11.5 Å². The second kappa shape index (κ2) is 8.36. The predicted octanol–water partition coefficient (Wildman–Crippen LogP) is 2.62. The zero-order valence-electron chi connectivity index (χ0n) is 15.4. The number of nitrogens with one attached hydrogen (secondary N) is 3. The lowest BCUT2D eigenvalue weighted by atomic mass is 10.2. The summed E-state index contributed by atoms with van der Waals surface area (Å²) in [6.45, 7) is 1.71. The van der Waals surface area contributed by atoms with Crippen LogP contribution in [0.2, 0.25) is 0 Å². The van der Waals surface area contributed by atoms with Crippen molar-refractivity contribution in [3.05, 3.63) is 59.4 Å². The normalized spacial score (nSPS) is 10.9. The number of hydrogen-bond donors (Lipinski definition) is 3. The second-order valence-corrected chi connectivity index (χ2v) is 8.48. The van der Waals surface area contributed by atoms with E-state index in [4.69, 9.17) is 5.26 Å². The fourth-order valence-corrected chi connectivity index (χ4v) is 3.97. The van der Waals surface area contributed by atoms with E-state index in [9.17, 15) is 13.2 Å². The number of carbonyl (C=O) groups excluding carboxylic acids is 1. The van der Waals surface area contributed by atoms with E-state index >= 15 is 0 Å². The maximum atomic E-state index is 12.8. The number of hydrogen-bond acceptors (Lipinski definition) is 8. The van der Waals surface area contributed by atoms with Crippen LogP contribution in [0.25, 0.3) is 0 Å². The van der Waals surface area contributed by atoms with E-state index in [-0.39, 0.29) is 4.90 Å². The van der Waals surface area contributed by atoms with Crippen LogP contribution in [-0.2, 0) is 10.0 Å². The highest BCUT2D eigenvalue weighted by Gasteiger charge is 2.20. The van der Waals surface area contributed by atoms with Crippen LogP contribution < -0.4 is 15.4 Å². The number of nitriles is 1. The number of aromatic nitrogens is 2. The second-order valence-electron chi connectivity index (χ2n) is 5.82. The molecule has 0 bridgehead atoms. The van der Waals surface area contributed by atoms with Crippen molar-refractivity contribution in [3.63, 3.8) is 0 Å². The van der Waals surface area contributed by atoms with Gasteiger partial charge < -0.3 is 10.6 Å². The highest BCUT2D eigenvalue weighted by molar-refractivity contribution is 7.89. The van der Waals surface area contributed by atoms with Gasteiger partial charge in [0.1, 0.15) is 10.8 Å². The van der Waals surface area contributed by atoms with Crippen molar-refractivity contribution in [2.45, 2.75) is 11.8 Å². The summed E-state index contributed by atoms with van der Waals surface area (Å²) < 4.78 is 30.0. The minimum Gasteiger partial charge on any atom is -0.330 e. The Morgan fingerprint density at radius 2 is 1.93 bits per heavy atom. The van der Waals surface area contributed by atoms with Crippen LogP contribution in [0.3, 0.4) is 0 Å². The third-order valence-corrected chi connectivity index (χ3v) is 6.20. The summed E-state index contributed by atoms with van der Waals surface area (Å²) in [5.41, 5.74) is 1.74. The Morgan fingerprint density at radius 3 is 2.59 bits per heavy atom. The highest BCUT2D eigenvalue weighted by Crippen LogP contribution is 2.28. The molecule has 0 spiro atoms. The summed E-state index contributed by atoms with van der Waals surface area (Å²) in [6.07, 6.45) is 1.50. The van der Waals surface area contributed by atoms with Crippen LogP contribution in [0.15, 0.2) is 47.5 Å². The summed E-state index contributed by atoms with van der Waals surface area (Å²) in [4.78, 5) is 17.0. The molecule has 1 amide bonds. The Kier molecular flexibility index (Phi) is 5.88. The van der Waals surface area contributed by atoms with Crippen molar-refractivity contribution in [2.75, 3.05) is 17.7 Å². The Morgan fingerprint density at radius 1 is 1.21 bits per heavy atom. The average molecular weight is 428 g/mol. The lowest BCUT2D eigenvalue weighted by Gasteiger charge is -2.09. The van der Waals surface area contributed by atoms with Crippen molar-refractivity contribution in [1.29, 1.82) is 5.26 Å². The summed E-state index contributed by atoms with van der Waals surface area (Å²) in [7, 11) is -2.22. The molecule has 3 N–H and O–H groups in total. The Bertz CT molecular complexity index is 1200. The van der Waals surface area contributed by atoms with Gasteiger partial charge in [0.2, 0.25) is 10.0 Å². The molecule has 0 aliphatic carbocycles. The van der Waals surface area contributed by atoms with Crippen molar-refractivity contribution in [2.24, 2.45) is 0 Å². The van der Waals surface area contributed by atoms with Gasteiger partial charge >= 0.3 is 0 Å². The molecule has 0 aliphatic rings. The standard InChI is InChI=1S/C18H16N6O3S2/c1-11-16(18(28-24-11)23-15-9-12(10-19)7-8-21-15)17(25)22-13-3-5-14(6-4-13)29(26,27)20-2/h3-9,20H,1-2H3,(H,21,23)(H,22,25). The number of aryl methyl sites for hydroxylation is 1. The number of pyridine rings is 1. The largest absolute Gasteiger partial charge is 0.330 e. The SMILES string of the molecule is CNS(=O)(=O)c1ccc(NC(=O)c2c(C)nsc2Nc2cc(C#N)ccn2)cc1. The molecule has 2 aromatic heterocycles. The van der Waals surface area contributed by atoms with Crippen LogP contribution in [0.4, 0.5) is 16.5 Å². The van der Waals surface area contributed by atoms with Gasteiger partial charge in [0.05, 0.1) is 27.8 Å². The molecular formula is C18H16N6O3S2. The third-order valence-electron chi connectivity index (χ3n) is 3.91. The van der Waals surface area contributed by atoms with Gasteiger partial charge in [-0.05, 0) is 61.9 Å². The molecule has 0 unspecified atom stereocenters. The van der Waals surface area contributed by atoms with Gasteiger partial charge in [0, 0.05) is 11.9 Å². The molecule has 0 saturated carbocycles. The first kappa shape index (κ1) is 20.4. The maximum absolute atomic E-state index is 12.8. The number of rotatable bonds is 6. The number of anilines is 3. The molecule has 3 rings (SSSR count). The maximum Gasteiger partial charge on any atom is 0.260 e. The number of benzene rings is 1. The first-order chi connectivity index (χ1) is 13.8. The molecule has 29 heavy (non-hydrogen) atoms. The van der Waals surface area contributed by atoms with E-state index in [1.165, 1.54) is 37.5 Å².